The van der Waals surface area contributed by atoms with Crippen LogP contribution in [0.4, 0.5) is 0 Å². The van der Waals surface area contributed by atoms with E-state index in [4.69, 9.17) is 4.99 Å². The monoisotopic (exact) mass is 456 g/mol. The number of rotatable bonds is 5. The highest BCUT2D eigenvalue weighted by Crippen LogP contribution is 2.35. The van der Waals surface area contributed by atoms with E-state index in [1.807, 2.05) is 59.4 Å². The van der Waals surface area contributed by atoms with Crippen molar-refractivity contribution in [2.75, 3.05) is 6.26 Å². The van der Waals surface area contributed by atoms with Gasteiger partial charge in [0.05, 0.1) is 11.4 Å². The zero-order chi connectivity index (χ0) is 19.7. The number of nitrogens with zero attached hydrogens (tertiary/aromatic N) is 4. The van der Waals surface area contributed by atoms with Crippen LogP contribution in [-0.2, 0) is 4.79 Å². The quantitative estimate of drug-likeness (QED) is 0.571. The average molecular weight is 457 g/mol. The smallest absolute Gasteiger partial charge is 0.303 e. The van der Waals surface area contributed by atoms with Gasteiger partial charge in [-0.1, -0.05) is 58.0 Å². The van der Waals surface area contributed by atoms with Crippen molar-refractivity contribution in [1.29, 1.82) is 0 Å². The minimum atomic E-state index is -0.850. The van der Waals surface area contributed by atoms with Gasteiger partial charge < -0.3 is 5.11 Å². The van der Waals surface area contributed by atoms with Crippen molar-refractivity contribution in [2.24, 2.45) is 4.99 Å². The van der Waals surface area contributed by atoms with E-state index >= 15 is 0 Å². The number of hydrogen-bond donors (Lipinski definition) is 1. The first-order valence-corrected chi connectivity index (χ1v) is 10.7. The molecule has 6 nitrogen and oxygen atoms in total. The summed E-state index contributed by atoms with van der Waals surface area (Å²) >= 11 is 5.07. The summed E-state index contributed by atoms with van der Waals surface area (Å²) < 4.78 is 2.94. The van der Waals surface area contributed by atoms with Crippen molar-refractivity contribution in [3.05, 3.63) is 70.0 Å². The van der Waals surface area contributed by atoms with Gasteiger partial charge in [-0.15, -0.1) is 10.2 Å². The van der Waals surface area contributed by atoms with E-state index in [2.05, 4.69) is 26.1 Å². The van der Waals surface area contributed by atoms with Crippen molar-refractivity contribution in [2.45, 2.75) is 24.0 Å². The van der Waals surface area contributed by atoms with Crippen LogP contribution in [0.1, 0.15) is 35.8 Å². The Labute approximate surface area is 174 Å². The minimum absolute atomic E-state index is 0.0116. The van der Waals surface area contributed by atoms with Crippen LogP contribution < -0.4 is 0 Å². The summed E-state index contributed by atoms with van der Waals surface area (Å²) in [7, 11) is 0. The molecule has 0 saturated carbocycles. The maximum atomic E-state index is 11.2. The molecule has 0 spiro atoms. The Bertz CT molecular complexity index is 1070. The number of thioether (sulfide) groups is 1. The second-order valence-corrected chi connectivity index (χ2v) is 8.02. The van der Waals surface area contributed by atoms with Crippen molar-refractivity contribution in [3.63, 3.8) is 0 Å². The van der Waals surface area contributed by atoms with Crippen molar-refractivity contribution in [1.82, 2.24) is 14.8 Å². The number of hydrogen-bond acceptors (Lipinski definition) is 5. The molecule has 0 amide bonds. The van der Waals surface area contributed by atoms with E-state index in [0.29, 0.717) is 12.2 Å². The highest BCUT2D eigenvalue weighted by molar-refractivity contribution is 9.10. The second-order valence-electron chi connectivity index (χ2n) is 6.33. The number of halogens is 1. The Morgan fingerprint density at radius 1 is 1.21 bits per heavy atom. The SMILES string of the molecule is CSc1nnc2n1-c1ccc(Br)cc1C(c1ccccc1)=N[C@H]2CCC(=O)O. The summed E-state index contributed by atoms with van der Waals surface area (Å²) in [5.41, 5.74) is 3.69. The third-order valence-electron chi connectivity index (χ3n) is 4.56. The van der Waals surface area contributed by atoms with Crippen LogP contribution in [0.25, 0.3) is 5.69 Å². The van der Waals surface area contributed by atoms with Crippen molar-refractivity contribution < 1.29 is 9.90 Å². The number of aliphatic imine (C=N–C) groups is 1. The lowest BCUT2D eigenvalue weighted by molar-refractivity contribution is -0.137. The first-order valence-electron chi connectivity index (χ1n) is 8.73. The molecule has 1 aliphatic heterocycles. The Hall–Kier alpha value is -2.45. The van der Waals surface area contributed by atoms with E-state index in [-0.39, 0.29) is 6.42 Å². The molecule has 2 heterocycles. The standard InChI is InChI=1S/C20H17BrN4O2S/c1-28-20-24-23-19-15(8-10-17(26)27)22-18(12-5-3-2-4-6-12)14-11-13(21)7-9-16(14)25(19)20/h2-7,9,11,15H,8,10H2,1H3,(H,26,27)/t15-/m0/s1. The molecule has 0 aliphatic carbocycles. The topological polar surface area (TPSA) is 80.4 Å². The van der Waals surface area contributed by atoms with Gasteiger partial charge in [0, 0.05) is 22.0 Å². The number of carbonyl (C=O) groups is 1. The summed E-state index contributed by atoms with van der Waals surface area (Å²) in [5.74, 6) is -0.183. The highest BCUT2D eigenvalue weighted by atomic mass is 79.9. The van der Waals surface area contributed by atoms with E-state index in [1.54, 1.807) is 0 Å². The molecule has 1 atom stereocenters. The number of fused-ring (bicyclic) bond motifs is 3. The first-order chi connectivity index (χ1) is 13.6. The molecule has 1 N–H and O–H groups in total. The molecule has 4 rings (SSSR count). The molecule has 142 valence electrons. The largest absolute Gasteiger partial charge is 0.481 e. The van der Waals surface area contributed by atoms with Gasteiger partial charge in [0.25, 0.3) is 0 Å². The third-order valence-corrected chi connectivity index (χ3v) is 5.68. The summed E-state index contributed by atoms with van der Waals surface area (Å²) in [6.07, 6.45) is 2.32. The fourth-order valence-electron chi connectivity index (χ4n) is 3.31. The molecule has 28 heavy (non-hydrogen) atoms. The molecule has 3 aromatic rings. The lowest BCUT2D eigenvalue weighted by atomic mass is 10.0. The fraction of sp³-hybridized carbons (Fsp3) is 0.200. The Morgan fingerprint density at radius 3 is 2.71 bits per heavy atom. The lowest BCUT2D eigenvalue weighted by Crippen LogP contribution is -2.08. The predicted molar refractivity (Wildman–Crippen MR) is 113 cm³/mol. The molecule has 1 aromatic heterocycles. The van der Waals surface area contributed by atoms with Crippen LogP contribution in [0.3, 0.4) is 0 Å². The Balaban J connectivity index is 1.98. The van der Waals surface area contributed by atoms with Gasteiger partial charge in [-0.05, 0) is 30.9 Å². The van der Waals surface area contributed by atoms with Crippen molar-refractivity contribution in [3.8, 4) is 5.69 Å². The number of benzene rings is 2. The zero-order valence-corrected chi connectivity index (χ0v) is 17.4. The molecule has 8 heteroatoms. The summed E-state index contributed by atoms with van der Waals surface area (Å²) in [6.45, 7) is 0. The summed E-state index contributed by atoms with van der Waals surface area (Å²) in [5, 5.41) is 18.6. The van der Waals surface area contributed by atoms with Crippen molar-refractivity contribution >= 4 is 39.4 Å². The molecular formula is C20H17BrN4O2S. The summed E-state index contributed by atoms with van der Waals surface area (Å²) in [4.78, 5) is 16.2. The molecule has 0 bridgehead atoms. The number of carboxylic acids is 1. The van der Waals surface area contributed by atoms with Crippen LogP contribution in [0, 0.1) is 0 Å². The van der Waals surface area contributed by atoms with Gasteiger partial charge >= 0.3 is 5.97 Å². The van der Waals surface area contributed by atoms with Crippen LogP contribution in [0.5, 0.6) is 0 Å². The van der Waals surface area contributed by atoms with E-state index in [0.717, 1.165) is 32.2 Å². The van der Waals surface area contributed by atoms with Gasteiger partial charge in [0.15, 0.2) is 11.0 Å². The number of aliphatic carboxylic acids is 1. The van der Waals surface area contributed by atoms with E-state index in [9.17, 15) is 9.90 Å². The summed E-state index contributed by atoms with van der Waals surface area (Å²) in [6, 6.07) is 15.6. The molecule has 0 unspecified atom stereocenters. The predicted octanol–water partition coefficient (Wildman–Crippen LogP) is 4.51. The third kappa shape index (κ3) is 3.49. The molecule has 1 aliphatic rings. The molecule has 2 aromatic carbocycles. The average Bonchev–Trinajstić information content (AvgIpc) is 3.07. The van der Waals surface area contributed by atoms with E-state index < -0.39 is 12.0 Å². The molecule has 0 fully saturated rings. The maximum Gasteiger partial charge on any atom is 0.303 e. The van der Waals surface area contributed by atoms with Crippen LogP contribution in [0.15, 0.2) is 63.2 Å². The first kappa shape index (κ1) is 18.9. The second kappa shape index (κ2) is 7.89. The molecule has 0 radical (unpaired) electrons. The number of aromatic nitrogens is 3. The van der Waals surface area contributed by atoms with Crippen LogP contribution in [0.2, 0.25) is 0 Å². The number of carboxylic acid groups (broad SMARTS) is 1. The van der Waals surface area contributed by atoms with Crippen LogP contribution in [-0.4, -0.2) is 37.8 Å². The zero-order valence-electron chi connectivity index (χ0n) is 15.0. The highest BCUT2D eigenvalue weighted by Gasteiger charge is 2.29. The van der Waals surface area contributed by atoms with Gasteiger partial charge in [-0.25, -0.2) is 0 Å². The van der Waals surface area contributed by atoms with Crippen LogP contribution >= 0.6 is 27.7 Å². The van der Waals surface area contributed by atoms with E-state index in [1.165, 1.54) is 11.8 Å². The van der Waals surface area contributed by atoms with Gasteiger partial charge in [0.2, 0.25) is 0 Å². The minimum Gasteiger partial charge on any atom is -0.481 e. The maximum absolute atomic E-state index is 11.2. The fourth-order valence-corrected chi connectivity index (χ4v) is 4.17. The normalized spacial score (nSPS) is 15.4. The van der Waals surface area contributed by atoms with Gasteiger partial charge in [0.1, 0.15) is 6.04 Å². The van der Waals surface area contributed by atoms with Gasteiger partial charge in [-0.3, -0.25) is 14.4 Å². The molecule has 0 saturated heterocycles. The molecular weight excluding hydrogens is 440 g/mol. The lowest BCUT2D eigenvalue weighted by Gasteiger charge is -2.13. The Morgan fingerprint density at radius 2 is 2.00 bits per heavy atom. The Kier molecular flexibility index (Phi) is 5.32. The van der Waals surface area contributed by atoms with Gasteiger partial charge in [-0.2, -0.15) is 0 Å².